The highest BCUT2D eigenvalue weighted by atomic mass is 16.3. The molecule has 96 valence electrons. The monoisotopic (exact) mass is 248 g/mol. The van der Waals surface area contributed by atoms with Crippen LogP contribution >= 0.6 is 0 Å². The van der Waals surface area contributed by atoms with E-state index in [9.17, 15) is 14.7 Å². The Balaban J connectivity index is 2.38. The number of carbonyl (C=O) groups excluding carboxylic acids is 2. The van der Waals surface area contributed by atoms with E-state index in [1.165, 1.54) is 7.05 Å². The van der Waals surface area contributed by atoms with E-state index in [1.54, 1.807) is 18.3 Å². The molecule has 2 rings (SSSR count). The number of nitrogens with zero attached hydrogens (tertiary/aromatic N) is 1. The van der Waals surface area contributed by atoms with E-state index in [-0.39, 0.29) is 11.7 Å². The fourth-order valence-corrected chi connectivity index (χ4v) is 2.27. The number of rotatable bonds is 2. The predicted octanol–water partition coefficient (Wildman–Crippen LogP) is 0.772. The summed E-state index contributed by atoms with van der Waals surface area (Å²) < 4.78 is 0. The smallest absolute Gasteiger partial charge is 0.252 e. The summed E-state index contributed by atoms with van der Waals surface area (Å²) in [5.74, 6) is -0.125. The number of pyridine rings is 1. The first-order valence-electron chi connectivity index (χ1n) is 5.98. The molecule has 0 aliphatic heterocycles. The molecule has 0 saturated heterocycles. The number of Topliss-reactive ketones (excluding diaryl/α,β-unsaturated/α-hetero) is 1. The van der Waals surface area contributed by atoms with Gasteiger partial charge in [-0.25, -0.2) is 0 Å². The molecular formula is C13H16N2O3. The van der Waals surface area contributed by atoms with Gasteiger partial charge in [-0.3, -0.25) is 14.6 Å². The number of aliphatic hydroxyl groups is 1. The molecule has 0 bridgehead atoms. The summed E-state index contributed by atoms with van der Waals surface area (Å²) in [6.07, 6.45) is 2.87. The predicted molar refractivity (Wildman–Crippen MR) is 65.0 cm³/mol. The van der Waals surface area contributed by atoms with Crippen molar-refractivity contribution in [2.24, 2.45) is 0 Å². The van der Waals surface area contributed by atoms with Crippen molar-refractivity contribution < 1.29 is 14.7 Å². The van der Waals surface area contributed by atoms with E-state index >= 15 is 0 Å². The molecule has 0 atom stereocenters. The zero-order valence-corrected chi connectivity index (χ0v) is 10.3. The van der Waals surface area contributed by atoms with Gasteiger partial charge >= 0.3 is 0 Å². The topological polar surface area (TPSA) is 79.3 Å². The van der Waals surface area contributed by atoms with Crippen LogP contribution in [0.3, 0.4) is 0 Å². The number of nitrogens with one attached hydrogen (secondary N) is 1. The normalized spacial score (nSPS) is 18.4. The number of hydrogen-bond acceptors (Lipinski definition) is 4. The summed E-state index contributed by atoms with van der Waals surface area (Å²) in [6.45, 7) is 0. The molecule has 1 saturated carbocycles. The van der Waals surface area contributed by atoms with Crippen LogP contribution in [0.1, 0.15) is 41.7 Å². The zero-order chi connectivity index (χ0) is 13.2. The summed E-state index contributed by atoms with van der Waals surface area (Å²) >= 11 is 0. The highest BCUT2D eigenvalue weighted by Crippen LogP contribution is 2.36. The second kappa shape index (κ2) is 4.86. The Labute approximate surface area is 105 Å². The van der Waals surface area contributed by atoms with Gasteiger partial charge in [0.25, 0.3) is 5.91 Å². The van der Waals surface area contributed by atoms with Crippen LogP contribution in [-0.4, -0.2) is 28.8 Å². The summed E-state index contributed by atoms with van der Waals surface area (Å²) in [7, 11) is 1.54. The van der Waals surface area contributed by atoms with Crippen LogP contribution in [-0.2, 0) is 10.4 Å². The lowest BCUT2D eigenvalue weighted by molar-refractivity contribution is -0.125. The molecule has 1 aromatic rings. The first kappa shape index (κ1) is 12.7. The minimum Gasteiger partial charge on any atom is -0.384 e. The number of hydrogen-bond donors (Lipinski definition) is 2. The first-order chi connectivity index (χ1) is 8.57. The zero-order valence-electron chi connectivity index (χ0n) is 10.3. The molecule has 1 amide bonds. The molecule has 0 unspecified atom stereocenters. The third-order valence-corrected chi connectivity index (χ3v) is 3.36. The van der Waals surface area contributed by atoms with Gasteiger partial charge in [-0.2, -0.15) is 0 Å². The lowest BCUT2D eigenvalue weighted by Crippen LogP contribution is -2.35. The number of amides is 1. The van der Waals surface area contributed by atoms with Gasteiger partial charge in [0, 0.05) is 26.1 Å². The van der Waals surface area contributed by atoms with Crippen molar-refractivity contribution in [1.29, 1.82) is 0 Å². The van der Waals surface area contributed by atoms with Crippen LogP contribution in [0.25, 0.3) is 0 Å². The Bertz CT molecular complexity index is 475. The standard InChI is InChI=1S/C13H16N2O3/c1-14-12(17)10-3-2-8-15-11(10)13(18)6-4-9(16)5-7-13/h2-3,8,18H,4-7H2,1H3,(H,14,17). The van der Waals surface area contributed by atoms with Gasteiger partial charge in [0.2, 0.25) is 0 Å². The molecule has 1 aliphatic carbocycles. The van der Waals surface area contributed by atoms with Crippen molar-refractivity contribution in [3.8, 4) is 0 Å². The Morgan fingerprint density at radius 2 is 2.11 bits per heavy atom. The maximum Gasteiger partial charge on any atom is 0.252 e. The average Bonchev–Trinajstić information content (AvgIpc) is 2.41. The third-order valence-electron chi connectivity index (χ3n) is 3.36. The van der Waals surface area contributed by atoms with Gasteiger partial charge in [0.1, 0.15) is 11.4 Å². The average molecular weight is 248 g/mol. The van der Waals surface area contributed by atoms with Gasteiger partial charge in [0.15, 0.2) is 0 Å². The van der Waals surface area contributed by atoms with Crippen molar-refractivity contribution in [1.82, 2.24) is 10.3 Å². The Hall–Kier alpha value is -1.75. The molecule has 2 N–H and O–H groups in total. The van der Waals surface area contributed by atoms with E-state index in [0.717, 1.165) is 0 Å². The van der Waals surface area contributed by atoms with Crippen LogP contribution in [0.2, 0.25) is 0 Å². The fraction of sp³-hybridized carbons (Fsp3) is 0.462. The number of aromatic nitrogens is 1. The van der Waals surface area contributed by atoms with Gasteiger partial charge in [-0.15, -0.1) is 0 Å². The Morgan fingerprint density at radius 1 is 1.44 bits per heavy atom. The molecule has 1 heterocycles. The number of ketones is 1. The summed E-state index contributed by atoms with van der Waals surface area (Å²) in [4.78, 5) is 27.1. The SMILES string of the molecule is CNC(=O)c1cccnc1C1(O)CCC(=O)CC1. The van der Waals surface area contributed by atoms with Crippen molar-refractivity contribution in [3.63, 3.8) is 0 Å². The van der Waals surface area contributed by atoms with Crippen LogP contribution in [0.5, 0.6) is 0 Å². The van der Waals surface area contributed by atoms with E-state index in [0.29, 0.717) is 36.9 Å². The van der Waals surface area contributed by atoms with Gasteiger partial charge in [-0.1, -0.05) is 0 Å². The fourth-order valence-electron chi connectivity index (χ4n) is 2.27. The molecule has 1 aromatic heterocycles. The van der Waals surface area contributed by atoms with Gasteiger partial charge in [-0.05, 0) is 25.0 Å². The second-order valence-electron chi connectivity index (χ2n) is 4.55. The molecule has 1 fully saturated rings. The lowest BCUT2D eigenvalue weighted by Gasteiger charge is -2.31. The largest absolute Gasteiger partial charge is 0.384 e. The summed E-state index contributed by atoms with van der Waals surface area (Å²) in [5, 5.41) is 13.1. The minimum atomic E-state index is -1.17. The van der Waals surface area contributed by atoms with Crippen molar-refractivity contribution in [2.75, 3.05) is 7.05 Å². The Morgan fingerprint density at radius 3 is 2.72 bits per heavy atom. The number of carbonyl (C=O) groups is 2. The highest BCUT2D eigenvalue weighted by Gasteiger charge is 2.37. The second-order valence-corrected chi connectivity index (χ2v) is 4.55. The summed E-state index contributed by atoms with van der Waals surface area (Å²) in [5.41, 5.74) is -0.425. The van der Waals surface area contributed by atoms with Crippen molar-refractivity contribution >= 4 is 11.7 Å². The van der Waals surface area contributed by atoms with E-state index < -0.39 is 5.60 Å². The maximum absolute atomic E-state index is 11.8. The maximum atomic E-state index is 11.8. The van der Waals surface area contributed by atoms with E-state index in [1.807, 2.05) is 0 Å². The molecular weight excluding hydrogens is 232 g/mol. The van der Waals surface area contributed by atoms with Crippen LogP contribution in [0.15, 0.2) is 18.3 Å². The molecule has 0 aromatic carbocycles. The van der Waals surface area contributed by atoms with Crippen molar-refractivity contribution in [3.05, 3.63) is 29.6 Å². The van der Waals surface area contributed by atoms with E-state index in [2.05, 4.69) is 10.3 Å². The molecule has 1 aliphatic rings. The third kappa shape index (κ3) is 2.26. The summed E-state index contributed by atoms with van der Waals surface area (Å²) in [6, 6.07) is 3.29. The molecule has 0 spiro atoms. The quantitative estimate of drug-likeness (QED) is 0.810. The first-order valence-corrected chi connectivity index (χ1v) is 5.98. The lowest BCUT2D eigenvalue weighted by atomic mass is 9.80. The van der Waals surface area contributed by atoms with Gasteiger partial charge in [0.05, 0.1) is 11.3 Å². The molecule has 5 nitrogen and oxygen atoms in total. The van der Waals surface area contributed by atoms with E-state index in [4.69, 9.17) is 0 Å². The Kier molecular flexibility index (Phi) is 3.43. The van der Waals surface area contributed by atoms with Crippen molar-refractivity contribution in [2.45, 2.75) is 31.3 Å². The molecule has 18 heavy (non-hydrogen) atoms. The van der Waals surface area contributed by atoms with Crippen LogP contribution in [0, 0.1) is 0 Å². The molecule has 5 heteroatoms. The van der Waals surface area contributed by atoms with Crippen LogP contribution in [0.4, 0.5) is 0 Å². The molecule has 0 radical (unpaired) electrons. The van der Waals surface area contributed by atoms with Gasteiger partial charge < -0.3 is 10.4 Å². The highest BCUT2D eigenvalue weighted by molar-refractivity contribution is 5.95. The van der Waals surface area contributed by atoms with Crippen LogP contribution < -0.4 is 5.32 Å². The minimum absolute atomic E-state index is 0.150.